The van der Waals surface area contributed by atoms with Crippen molar-refractivity contribution in [3.8, 4) is 0 Å². The van der Waals surface area contributed by atoms with Crippen molar-refractivity contribution in [3.63, 3.8) is 0 Å². The summed E-state index contributed by atoms with van der Waals surface area (Å²) in [5, 5.41) is 29.1. The maximum atomic E-state index is 10.2. The molecule has 1 aliphatic rings. The molecule has 1 saturated heterocycles. The van der Waals surface area contributed by atoms with Crippen molar-refractivity contribution in [1.82, 2.24) is 29.9 Å². The van der Waals surface area contributed by atoms with Gasteiger partial charge >= 0.3 is 0 Å². The molecule has 3 aromatic rings. The van der Waals surface area contributed by atoms with Gasteiger partial charge in [-0.3, -0.25) is 0 Å². The summed E-state index contributed by atoms with van der Waals surface area (Å²) in [6, 6.07) is 3.27. The third kappa shape index (κ3) is 3.65. The van der Waals surface area contributed by atoms with E-state index in [1.54, 1.807) is 10.9 Å². The summed E-state index contributed by atoms with van der Waals surface area (Å²) < 4.78 is 1.68. The first-order chi connectivity index (χ1) is 13.8. The molecule has 0 aliphatic carbocycles. The van der Waals surface area contributed by atoms with Crippen LogP contribution < -0.4 is 4.90 Å². The zero-order valence-electron chi connectivity index (χ0n) is 16.6. The Morgan fingerprint density at radius 1 is 1.28 bits per heavy atom. The highest BCUT2D eigenvalue weighted by molar-refractivity contribution is 6.30. The molecule has 0 bridgehead atoms. The zero-order chi connectivity index (χ0) is 20.8. The van der Waals surface area contributed by atoms with Gasteiger partial charge in [0.15, 0.2) is 17.0 Å². The second-order valence-electron chi connectivity index (χ2n) is 8.29. The van der Waals surface area contributed by atoms with E-state index < -0.39 is 12.1 Å². The van der Waals surface area contributed by atoms with Crippen molar-refractivity contribution >= 4 is 28.6 Å². The molecule has 0 saturated carbocycles. The molecular formula is C19H24ClN7O2. The number of rotatable bonds is 4. The fourth-order valence-corrected chi connectivity index (χ4v) is 3.68. The van der Waals surface area contributed by atoms with E-state index in [2.05, 4.69) is 15.3 Å². The Kier molecular flexibility index (Phi) is 5.14. The van der Waals surface area contributed by atoms with Gasteiger partial charge in [0.05, 0.1) is 25.3 Å². The fourth-order valence-electron chi connectivity index (χ4n) is 3.50. The van der Waals surface area contributed by atoms with Gasteiger partial charge in [0.25, 0.3) is 0 Å². The average molecular weight is 418 g/mol. The molecule has 2 unspecified atom stereocenters. The van der Waals surface area contributed by atoms with Crippen molar-refractivity contribution in [3.05, 3.63) is 34.9 Å². The van der Waals surface area contributed by atoms with Crippen LogP contribution in [0, 0.1) is 0 Å². The van der Waals surface area contributed by atoms with Crippen LogP contribution in [0.15, 0.2) is 18.3 Å². The zero-order valence-corrected chi connectivity index (χ0v) is 17.4. The summed E-state index contributed by atoms with van der Waals surface area (Å²) in [6.07, 6.45) is 1.57. The number of halogens is 1. The smallest absolute Gasteiger partial charge is 0.184 e. The van der Waals surface area contributed by atoms with Gasteiger partial charge in [0.1, 0.15) is 11.0 Å². The average Bonchev–Trinajstić information content (AvgIpc) is 3.25. The minimum atomic E-state index is -0.618. The number of nitrogens with zero attached hydrogens (tertiary/aromatic N) is 7. The van der Waals surface area contributed by atoms with Crippen LogP contribution in [0.1, 0.15) is 38.6 Å². The topological polar surface area (TPSA) is 113 Å². The molecule has 1 aliphatic heterocycles. The highest BCUT2D eigenvalue weighted by Crippen LogP contribution is 2.32. The molecule has 2 N–H and O–H groups in total. The SMILES string of the molecule is CC(C)(C)c1nc(N2CCC(O)C2CO)c2nnn(Cc3cccnc3Cl)c2n1. The number of hydrogen-bond donors (Lipinski definition) is 2. The van der Waals surface area contributed by atoms with Crippen LogP contribution in [0.3, 0.4) is 0 Å². The van der Waals surface area contributed by atoms with Crippen molar-refractivity contribution in [2.24, 2.45) is 0 Å². The lowest BCUT2D eigenvalue weighted by Crippen LogP contribution is -2.39. The van der Waals surface area contributed by atoms with Gasteiger partial charge in [0.2, 0.25) is 0 Å². The molecule has 4 heterocycles. The number of anilines is 1. The second kappa shape index (κ2) is 7.47. The quantitative estimate of drug-likeness (QED) is 0.614. The first kappa shape index (κ1) is 19.9. The predicted molar refractivity (Wildman–Crippen MR) is 109 cm³/mol. The van der Waals surface area contributed by atoms with Crippen LogP contribution in [0.5, 0.6) is 0 Å². The lowest BCUT2D eigenvalue weighted by molar-refractivity contribution is 0.128. The maximum Gasteiger partial charge on any atom is 0.184 e. The molecular weight excluding hydrogens is 394 g/mol. The van der Waals surface area contributed by atoms with Gasteiger partial charge in [-0.05, 0) is 12.5 Å². The van der Waals surface area contributed by atoms with Crippen LogP contribution in [0.25, 0.3) is 11.2 Å². The van der Waals surface area contributed by atoms with Crippen molar-refractivity contribution in [1.29, 1.82) is 0 Å². The summed E-state index contributed by atoms with van der Waals surface area (Å²) in [4.78, 5) is 15.5. The molecule has 1 fully saturated rings. The van der Waals surface area contributed by atoms with Gasteiger partial charge < -0.3 is 15.1 Å². The second-order valence-corrected chi connectivity index (χ2v) is 8.65. The Labute approximate surface area is 173 Å². The molecule has 154 valence electrons. The van der Waals surface area contributed by atoms with E-state index in [4.69, 9.17) is 21.6 Å². The third-order valence-corrected chi connectivity index (χ3v) is 5.48. The Morgan fingerprint density at radius 2 is 2.07 bits per heavy atom. The highest BCUT2D eigenvalue weighted by atomic mass is 35.5. The Bertz CT molecular complexity index is 1030. The minimum absolute atomic E-state index is 0.170. The van der Waals surface area contributed by atoms with Crippen molar-refractivity contribution < 1.29 is 10.2 Å². The molecule has 29 heavy (non-hydrogen) atoms. The number of hydrogen-bond acceptors (Lipinski definition) is 8. The van der Waals surface area contributed by atoms with E-state index in [0.717, 1.165) is 5.56 Å². The number of aromatic nitrogens is 6. The summed E-state index contributed by atoms with van der Waals surface area (Å²) in [5.74, 6) is 1.22. The van der Waals surface area contributed by atoms with E-state index in [-0.39, 0.29) is 12.0 Å². The van der Waals surface area contributed by atoms with Gasteiger partial charge in [-0.1, -0.05) is 43.7 Å². The van der Waals surface area contributed by atoms with E-state index in [1.807, 2.05) is 37.8 Å². The fraction of sp³-hybridized carbons (Fsp3) is 0.526. The van der Waals surface area contributed by atoms with Crippen LogP contribution in [0.2, 0.25) is 5.15 Å². The van der Waals surface area contributed by atoms with E-state index in [0.29, 0.717) is 47.5 Å². The van der Waals surface area contributed by atoms with E-state index in [1.165, 1.54) is 0 Å². The van der Waals surface area contributed by atoms with Gasteiger partial charge in [-0.15, -0.1) is 5.10 Å². The Hall–Kier alpha value is -2.36. The summed E-state index contributed by atoms with van der Waals surface area (Å²) in [7, 11) is 0. The molecule has 0 aromatic carbocycles. The standard InChI is InChI=1S/C19H24ClN7O2/c1-19(2,3)18-22-16(26-8-6-13(29)12(26)10-28)14-17(23-18)27(25-24-14)9-11-5-4-7-21-15(11)20/h4-5,7,12-13,28-29H,6,8-10H2,1-3H3. The first-order valence-corrected chi connectivity index (χ1v) is 9.94. The summed E-state index contributed by atoms with van der Waals surface area (Å²) in [6.45, 7) is 6.88. The third-order valence-electron chi connectivity index (χ3n) is 5.14. The lowest BCUT2D eigenvalue weighted by Gasteiger charge is -2.27. The van der Waals surface area contributed by atoms with E-state index in [9.17, 15) is 10.2 Å². The summed E-state index contributed by atoms with van der Waals surface area (Å²) in [5.41, 5.74) is 1.61. The number of fused-ring (bicyclic) bond motifs is 1. The van der Waals surface area contributed by atoms with Gasteiger partial charge in [-0.25, -0.2) is 19.6 Å². The molecule has 0 spiro atoms. The van der Waals surface area contributed by atoms with Crippen LogP contribution >= 0.6 is 11.6 Å². The molecule has 9 nitrogen and oxygen atoms in total. The normalized spacial score (nSPS) is 20.0. The van der Waals surface area contributed by atoms with Gasteiger partial charge in [-0.2, -0.15) is 0 Å². The molecule has 3 aromatic heterocycles. The first-order valence-electron chi connectivity index (χ1n) is 9.56. The molecule has 2 atom stereocenters. The Balaban J connectivity index is 1.86. The minimum Gasteiger partial charge on any atom is -0.394 e. The Morgan fingerprint density at radius 3 is 2.76 bits per heavy atom. The van der Waals surface area contributed by atoms with Crippen molar-refractivity contribution in [2.45, 2.75) is 51.3 Å². The highest BCUT2D eigenvalue weighted by Gasteiger charge is 2.36. The monoisotopic (exact) mass is 417 g/mol. The lowest BCUT2D eigenvalue weighted by atomic mass is 9.95. The largest absolute Gasteiger partial charge is 0.394 e. The van der Waals surface area contributed by atoms with Crippen LogP contribution in [-0.4, -0.2) is 65.5 Å². The molecule has 0 amide bonds. The number of aliphatic hydroxyl groups excluding tert-OH is 2. The van der Waals surface area contributed by atoms with E-state index >= 15 is 0 Å². The summed E-state index contributed by atoms with van der Waals surface area (Å²) >= 11 is 6.22. The molecule has 10 heteroatoms. The predicted octanol–water partition coefficient (Wildman–Crippen LogP) is 1.55. The molecule has 4 rings (SSSR count). The van der Waals surface area contributed by atoms with Crippen molar-refractivity contribution in [2.75, 3.05) is 18.1 Å². The van der Waals surface area contributed by atoms with Crippen LogP contribution in [-0.2, 0) is 12.0 Å². The van der Waals surface area contributed by atoms with Crippen LogP contribution in [0.4, 0.5) is 5.82 Å². The number of aliphatic hydroxyl groups is 2. The maximum absolute atomic E-state index is 10.2. The molecule has 0 radical (unpaired) electrons. The number of pyridine rings is 1. The van der Waals surface area contributed by atoms with Gasteiger partial charge in [0, 0.05) is 23.7 Å².